The second kappa shape index (κ2) is 10.3. The van der Waals surface area contributed by atoms with E-state index in [2.05, 4.69) is 54.1 Å². The Morgan fingerprint density at radius 1 is 1.12 bits per heavy atom. The Morgan fingerprint density at radius 3 is 2.44 bits per heavy atom. The molecule has 182 valence electrons. The number of aromatic nitrogens is 2. The van der Waals surface area contributed by atoms with Crippen molar-refractivity contribution in [2.24, 2.45) is 5.41 Å². The number of hydrogen-bond donors (Lipinski definition) is 1. The summed E-state index contributed by atoms with van der Waals surface area (Å²) >= 11 is 1.47. The van der Waals surface area contributed by atoms with Crippen molar-refractivity contribution in [1.29, 1.82) is 0 Å². The van der Waals surface area contributed by atoms with Crippen LogP contribution in [0.15, 0.2) is 0 Å². The molecule has 1 N–H and O–H groups in total. The molecule has 0 aromatic carbocycles. The highest BCUT2D eigenvalue weighted by Gasteiger charge is 2.35. The van der Waals surface area contributed by atoms with Gasteiger partial charge < -0.3 is 10.2 Å². The van der Waals surface area contributed by atoms with E-state index >= 15 is 0 Å². The van der Waals surface area contributed by atoms with Gasteiger partial charge in [-0.3, -0.25) is 14.6 Å². The molecule has 2 aliphatic rings. The van der Waals surface area contributed by atoms with E-state index in [0.717, 1.165) is 50.1 Å². The van der Waals surface area contributed by atoms with Crippen molar-refractivity contribution < 1.29 is 4.79 Å². The first kappa shape index (κ1) is 25.4. The molecule has 2 aliphatic heterocycles. The summed E-state index contributed by atoms with van der Waals surface area (Å²) in [6, 6.07) is 0.730. The zero-order valence-corrected chi connectivity index (χ0v) is 22.1. The monoisotopic (exact) mass is 464 g/mol. The molecule has 1 aromatic rings. The van der Waals surface area contributed by atoms with Crippen LogP contribution in [0.4, 0.5) is 5.13 Å². The zero-order valence-electron chi connectivity index (χ0n) is 21.3. The Morgan fingerprint density at radius 2 is 1.81 bits per heavy atom. The molecular weight excluding hydrogens is 420 g/mol. The van der Waals surface area contributed by atoms with Crippen molar-refractivity contribution in [2.45, 2.75) is 91.8 Å². The number of nitrogens with zero attached hydrogens (tertiary/aromatic N) is 5. The summed E-state index contributed by atoms with van der Waals surface area (Å²) < 4.78 is 4.66. The van der Waals surface area contributed by atoms with Crippen molar-refractivity contribution in [3.05, 3.63) is 5.82 Å². The Bertz CT molecular complexity index is 755. The first-order chi connectivity index (χ1) is 15.1. The summed E-state index contributed by atoms with van der Waals surface area (Å²) in [6.45, 7) is 20.8. The van der Waals surface area contributed by atoms with Crippen molar-refractivity contribution in [3.63, 3.8) is 0 Å². The van der Waals surface area contributed by atoms with Gasteiger partial charge in [-0.05, 0) is 53.0 Å². The molecule has 0 bridgehead atoms. The average molecular weight is 465 g/mol. The topological polar surface area (TPSA) is 64.6 Å². The lowest BCUT2D eigenvalue weighted by Gasteiger charge is -2.40. The van der Waals surface area contributed by atoms with Gasteiger partial charge in [0.15, 0.2) is 5.82 Å². The summed E-state index contributed by atoms with van der Waals surface area (Å²) in [4.78, 5) is 24.7. The van der Waals surface area contributed by atoms with E-state index in [1.165, 1.54) is 37.3 Å². The lowest BCUT2D eigenvalue weighted by Crippen LogP contribution is -2.52. The van der Waals surface area contributed by atoms with Crippen molar-refractivity contribution in [2.75, 3.05) is 44.6 Å². The Kier molecular flexibility index (Phi) is 8.20. The minimum absolute atomic E-state index is 0.167. The summed E-state index contributed by atoms with van der Waals surface area (Å²) in [5.41, 5.74) is -0.0222. The Balaban J connectivity index is 1.51. The van der Waals surface area contributed by atoms with Gasteiger partial charge in [-0.1, -0.05) is 27.7 Å². The molecule has 7 nitrogen and oxygen atoms in total. The highest BCUT2D eigenvalue weighted by atomic mass is 32.1. The maximum absolute atomic E-state index is 12.8. The lowest BCUT2D eigenvalue weighted by atomic mass is 9.88. The van der Waals surface area contributed by atoms with Gasteiger partial charge in [-0.2, -0.15) is 4.37 Å². The molecule has 32 heavy (non-hydrogen) atoms. The van der Waals surface area contributed by atoms with Crippen LogP contribution >= 0.6 is 11.5 Å². The molecule has 0 radical (unpaired) electrons. The minimum atomic E-state index is -0.272. The van der Waals surface area contributed by atoms with Gasteiger partial charge in [0, 0.05) is 61.3 Å². The van der Waals surface area contributed by atoms with E-state index in [9.17, 15) is 4.79 Å². The molecule has 2 fully saturated rings. The number of anilines is 1. The number of hydrogen-bond acceptors (Lipinski definition) is 7. The number of likely N-dealkylation sites (tertiary alicyclic amines) is 1. The van der Waals surface area contributed by atoms with E-state index in [1.54, 1.807) is 0 Å². The SMILES string of the molecule is CCC(C)(C)C(=O)N1CCN([C@@H](C)c2nsc(NC[C@@H]3CCCN3C(C)(C)CC)n2)CC1. The van der Waals surface area contributed by atoms with E-state index in [1.807, 2.05) is 18.7 Å². The highest BCUT2D eigenvalue weighted by Crippen LogP contribution is 2.30. The maximum atomic E-state index is 12.8. The van der Waals surface area contributed by atoms with Crippen molar-refractivity contribution in [1.82, 2.24) is 24.1 Å². The number of carbonyl (C=O) groups is 1. The van der Waals surface area contributed by atoms with Gasteiger partial charge in [-0.15, -0.1) is 0 Å². The van der Waals surface area contributed by atoms with Crippen LogP contribution in [-0.4, -0.2) is 80.8 Å². The largest absolute Gasteiger partial charge is 0.359 e. The van der Waals surface area contributed by atoms with Crippen LogP contribution in [0.2, 0.25) is 0 Å². The van der Waals surface area contributed by atoms with Crippen molar-refractivity contribution in [3.8, 4) is 0 Å². The van der Waals surface area contributed by atoms with Gasteiger partial charge in [0.1, 0.15) is 0 Å². The van der Waals surface area contributed by atoms with Crippen LogP contribution in [-0.2, 0) is 4.79 Å². The molecule has 0 aliphatic carbocycles. The second-order valence-electron chi connectivity index (χ2n) is 10.7. The maximum Gasteiger partial charge on any atom is 0.228 e. The third-order valence-corrected chi connectivity index (χ3v) is 8.62. The Hall–Kier alpha value is -1.25. The first-order valence-electron chi connectivity index (χ1n) is 12.5. The molecule has 8 heteroatoms. The molecule has 2 atom stereocenters. The molecule has 3 rings (SSSR count). The normalized spacial score (nSPS) is 22.3. The molecule has 0 saturated carbocycles. The third-order valence-electron chi connectivity index (χ3n) is 7.94. The van der Waals surface area contributed by atoms with E-state index < -0.39 is 0 Å². The fourth-order valence-electron chi connectivity index (χ4n) is 4.78. The molecule has 2 saturated heterocycles. The molecular formula is C24H44N6OS. The van der Waals surface area contributed by atoms with Gasteiger partial charge in [0.2, 0.25) is 11.0 Å². The van der Waals surface area contributed by atoms with Gasteiger partial charge in [-0.25, -0.2) is 4.98 Å². The van der Waals surface area contributed by atoms with Crippen LogP contribution in [0.3, 0.4) is 0 Å². The van der Waals surface area contributed by atoms with Gasteiger partial charge in [0.25, 0.3) is 0 Å². The van der Waals surface area contributed by atoms with Crippen LogP contribution in [0.5, 0.6) is 0 Å². The van der Waals surface area contributed by atoms with Crippen LogP contribution in [0.1, 0.15) is 86.0 Å². The number of carbonyl (C=O) groups excluding carboxylic acids is 1. The van der Waals surface area contributed by atoms with Crippen molar-refractivity contribution >= 4 is 22.6 Å². The fraction of sp³-hybridized carbons (Fsp3) is 0.875. The zero-order chi connectivity index (χ0) is 23.5. The van der Waals surface area contributed by atoms with Gasteiger partial charge >= 0.3 is 0 Å². The quantitative estimate of drug-likeness (QED) is 0.590. The number of piperazine rings is 1. The molecule has 1 amide bonds. The predicted octanol–water partition coefficient (Wildman–Crippen LogP) is 4.24. The standard InChI is InChI=1S/C24H44N6OS/c1-8-23(4,5)21(31)29-15-13-28(14-16-29)18(3)20-26-22(32-27-20)25-17-19-11-10-12-30(19)24(6,7)9-2/h18-19H,8-17H2,1-7H3,(H,25,26,27)/t18-,19-/m0/s1. The first-order valence-corrected chi connectivity index (χ1v) is 13.2. The molecule has 0 unspecified atom stereocenters. The average Bonchev–Trinajstić information content (AvgIpc) is 3.46. The minimum Gasteiger partial charge on any atom is -0.359 e. The Labute approximate surface area is 199 Å². The van der Waals surface area contributed by atoms with E-state index in [0.29, 0.717) is 6.04 Å². The summed E-state index contributed by atoms with van der Waals surface area (Å²) in [5, 5.41) is 4.49. The second-order valence-corrected chi connectivity index (χ2v) is 11.5. The number of amides is 1. The molecule has 3 heterocycles. The number of rotatable bonds is 9. The predicted molar refractivity (Wildman–Crippen MR) is 133 cm³/mol. The van der Waals surface area contributed by atoms with Crippen LogP contribution in [0, 0.1) is 5.41 Å². The van der Waals surface area contributed by atoms with E-state index in [-0.39, 0.29) is 22.9 Å². The fourth-order valence-corrected chi connectivity index (χ4v) is 5.44. The lowest BCUT2D eigenvalue weighted by molar-refractivity contribution is -0.142. The third kappa shape index (κ3) is 5.62. The summed E-state index contributed by atoms with van der Waals surface area (Å²) in [7, 11) is 0. The van der Waals surface area contributed by atoms with Crippen LogP contribution in [0.25, 0.3) is 0 Å². The summed E-state index contributed by atoms with van der Waals surface area (Å²) in [6.07, 6.45) is 4.56. The molecule has 1 aromatic heterocycles. The van der Waals surface area contributed by atoms with Crippen LogP contribution < -0.4 is 5.32 Å². The smallest absolute Gasteiger partial charge is 0.228 e. The highest BCUT2D eigenvalue weighted by molar-refractivity contribution is 7.09. The number of nitrogens with one attached hydrogen (secondary N) is 1. The van der Waals surface area contributed by atoms with E-state index in [4.69, 9.17) is 4.98 Å². The van der Waals surface area contributed by atoms with Gasteiger partial charge in [0.05, 0.1) is 6.04 Å². The molecule has 0 spiro atoms. The summed E-state index contributed by atoms with van der Waals surface area (Å²) in [5.74, 6) is 1.17.